The van der Waals surface area contributed by atoms with E-state index in [9.17, 15) is 14.7 Å². The van der Waals surface area contributed by atoms with Gasteiger partial charge in [-0.05, 0) is 23.4 Å². The number of carbonyl (C=O) groups is 2. The van der Waals surface area contributed by atoms with E-state index >= 15 is 0 Å². The molecule has 1 atom stereocenters. The predicted molar refractivity (Wildman–Crippen MR) is 71.8 cm³/mol. The Balaban J connectivity index is 2.11. The molecule has 1 aliphatic rings. The molecule has 19 heavy (non-hydrogen) atoms. The van der Waals surface area contributed by atoms with Crippen LogP contribution in [-0.2, 0) is 16.0 Å². The molecule has 5 nitrogen and oxygen atoms in total. The third-order valence-electron chi connectivity index (χ3n) is 3.03. The number of rotatable bonds is 4. The average molecular weight is 278 g/mol. The monoisotopic (exact) mass is 278 g/mol. The van der Waals surface area contributed by atoms with Crippen LogP contribution < -0.4 is 5.32 Å². The van der Waals surface area contributed by atoms with Gasteiger partial charge in [0.2, 0.25) is 5.91 Å². The first-order chi connectivity index (χ1) is 9.13. The van der Waals surface area contributed by atoms with Gasteiger partial charge in [-0.15, -0.1) is 17.8 Å². The van der Waals surface area contributed by atoms with Gasteiger partial charge in [-0.3, -0.25) is 14.5 Å². The van der Waals surface area contributed by atoms with Crippen molar-refractivity contribution in [3.8, 4) is 12.3 Å². The minimum Gasteiger partial charge on any atom is -0.480 e. The lowest BCUT2D eigenvalue weighted by molar-refractivity contribution is -0.144. The standard InChI is InChI=1S/C13H14N2O3S/c1-2-5-14-11(16)8-15-6-3-10-9(4-7-19-10)12(15)13(17)18/h1,4,7,12H,3,5-6,8H2,(H,14,16)(H,17,18). The molecule has 0 aliphatic carbocycles. The summed E-state index contributed by atoms with van der Waals surface area (Å²) in [5.41, 5.74) is 0.800. The molecule has 6 heteroatoms. The van der Waals surface area contributed by atoms with E-state index in [4.69, 9.17) is 6.42 Å². The van der Waals surface area contributed by atoms with Gasteiger partial charge < -0.3 is 10.4 Å². The van der Waals surface area contributed by atoms with Crippen molar-refractivity contribution in [3.05, 3.63) is 21.9 Å². The molecule has 1 aliphatic heterocycles. The zero-order valence-corrected chi connectivity index (χ0v) is 11.1. The number of nitrogens with zero attached hydrogens (tertiary/aromatic N) is 1. The fourth-order valence-corrected chi connectivity index (χ4v) is 3.12. The van der Waals surface area contributed by atoms with Crippen molar-refractivity contribution >= 4 is 23.2 Å². The van der Waals surface area contributed by atoms with Gasteiger partial charge in [-0.1, -0.05) is 5.92 Å². The molecule has 1 aromatic heterocycles. The van der Waals surface area contributed by atoms with E-state index in [0.29, 0.717) is 6.54 Å². The number of carboxylic acid groups (broad SMARTS) is 1. The number of amides is 1. The number of aliphatic carboxylic acids is 1. The van der Waals surface area contributed by atoms with E-state index in [1.807, 2.05) is 11.4 Å². The molecule has 100 valence electrons. The Morgan fingerprint density at radius 1 is 1.63 bits per heavy atom. The molecular formula is C13H14N2O3S. The van der Waals surface area contributed by atoms with Gasteiger partial charge in [0.1, 0.15) is 6.04 Å². The first kappa shape index (κ1) is 13.6. The summed E-state index contributed by atoms with van der Waals surface area (Å²) in [7, 11) is 0. The summed E-state index contributed by atoms with van der Waals surface area (Å²) < 4.78 is 0. The first-order valence-electron chi connectivity index (χ1n) is 5.86. The van der Waals surface area contributed by atoms with Crippen LogP contribution in [0.4, 0.5) is 0 Å². The minimum absolute atomic E-state index is 0.0495. The Kier molecular flexibility index (Phi) is 4.20. The lowest BCUT2D eigenvalue weighted by Crippen LogP contribution is -2.45. The maximum atomic E-state index is 11.6. The highest BCUT2D eigenvalue weighted by molar-refractivity contribution is 7.10. The normalized spacial score (nSPS) is 18.4. The van der Waals surface area contributed by atoms with Gasteiger partial charge in [0, 0.05) is 11.4 Å². The smallest absolute Gasteiger partial charge is 0.325 e. The summed E-state index contributed by atoms with van der Waals surface area (Å²) in [6.45, 7) is 0.774. The molecule has 1 aromatic rings. The van der Waals surface area contributed by atoms with Crippen LogP contribution in [0.2, 0.25) is 0 Å². The number of carboxylic acids is 1. The van der Waals surface area contributed by atoms with Crippen LogP contribution in [-0.4, -0.2) is 41.5 Å². The van der Waals surface area contributed by atoms with Gasteiger partial charge in [0.05, 0.1) is 13.1 Å². The number of fused-ring (bicyclic) bond motifs is 1. The maximum absolute atomic E-state index is 11.6. The van der Waals surface area contributed by atoms with Crippen molar-refractivity contribution in [2.24, 2.45) is 0 Å². The van der Waals surface area contributed by atoms with E-state index in [1.54, 1.807) is 16.2 Å². The molecule has 0 fully saturated rings. The average Bonchev–Trinajstić information content (AvgIpc) is 2.83. The molecule has 2 rings (SSSR count). The number of nitrogens with one attached hydrogen (secondary N) is 1. The highest BCUT2D eigenvalue weighted by Gasteiger charge is 2.34. The lowest BCUT2D eigenvalue weighted by atomic mass is 10.00. The Bertz CT molecular complexity index is 532. The highest BCUT2D eigenvalue weighted by Crippen LogP contribution is 2.33. The zero-order chi connectivity index (χ0) is 13.8. The van der Waals surface area contributed by atoms with Crippen LogP contribution in [0.3, 0.4) is 0 Å². The van der Waals surface area contributed by atoms with Crippen molar-refractivity contribution in [1.29, 1.82) is 0 Å². The first-order valence-corrected chi connectivity index (χ1v) is 6.74. The SMILES string of the molecule is C#CCNC(=O)CN1CCc2sccc2C1C(=O)O. The zero-order valence-electron chi connectivity index (χ0n) is 10.3. The number of terminal acetylenes is 1. The van der Waals surface area contributed by atoms with Gasteiger partial charge in [-0.2, -0.15) is 0 Å². The molecule has 0 saturated heterocycles. The van der Waals surface area contributed by atoms with Crippen molar-refractivity contribution < 1.29 is 14.7 Å². The van der Waals surface area contributed by atoms with E-state index in [-0.39, 0.29) is 19.0 Å². The summed E-state index contributed by atoms with van der Waals surface area (Å²) >= 11 is 1.56. The third-order valence-corrected chi connectivity index (χ3v) is 4.03. The summed E-state index contributed by atoms with van der Waals surface area (Å²) in [4.78, 5) is 25.8. The lowest BCUT2D eigenvalue weighted by Gasteiger charge is -2.32. The predicted octanol–water partition coefficient (Wildman–Crippen LogP) is 0.481. The van der Waals surface area contributed by atoms with Gasteiger partial charge in [-0.25, -0.2) is 0 Å². The Hall–Kier alpha value is -1.84. The van der Waals surface area contributed by atoms with Gasteiger partial charge >= 0.3 is 5.97 Å². The Morgan fingerprint density at radius 2 is 2.42 bits per heavy atom. The summed E-state index contributed by atoms with van der Waals surface area (Å²) in [6.07, 6.45) is 5.84. The van der Waals surface area contributed by atoms with Crippen molar-refractivity contribution in [1.82, 2.24) is 10.2 Å². The fraction of sp³-hybridized carbons (Fsp3) is 0.385. The quantitative estimate of drug-likeness (QED) is 0.786. The van der Waals surface area contributed by atoms with E-state index in [0.717, 1.165) is 16.9 Å². The Labute approximate surface area is 115 Å². The maximum Gasteiger partial charge on any atom is 0.325 e. The molecule has 0 radical (unpaired) electrons. The van der Waals surface area contributed by atoms with Crippen LogP contribution in [0.15, 0.2) is 11.4 Å². The molecular weight excluding hydrogens is 264 g/mol. The molecule has 0 saturated carbocycles. The molecule has 0 bridgehead atoms. The third kappa shape index (κ3) is 2.95. The van der Waals surface area contributed by atoms with Crippen molar-refractivity contribution in [2.75, 3.05) is 19.6 Å². The number of thiophene rings is 1. The minimum atomic E-state index is -0.927. The van der Waals surface area contributed by atoms with Gasteiger partial charge in [0.15, 0.2) is 0 Å². The second-order valence-electron chi connectivity index (χ2n) is 4.24. The van der Waals surface area contributed by atoms with E-state index in [1.165, 1.54) is 0 Å². The van der Waals surface area contributed by atoms with Crippen LogP contribution in [0, 0.1) is 12.3 Å². The molecule has 0 spiro atoms. The van der Waals surface area contributed by atoms with Crippen LogP contribution in [0.5, 0.6) is 0 Å². The Morgan fingerprint density at radius 3 is 3.11 bits per heavy atom. The van der Waals surface area contributed by atoms with Crippen LogP contribution >= 0.6 is 11.3 Å². The van der Waals surface area contributed by atoms with Gasteiger partial charge in [0.25, 0.3) is 0 Å². The van der Waals surface area contributed by atoms with Crippen LogP contribution in [0.25, 0.3) is 0 Å². The molecule has 1 unspecified atom stereocenters. The van der Waals surface area contributed by atoms with Crippen molar-refractivity contribution in [3.63, 3.8) is 0 Å². The summed E-state index contributed by atoms with van der Waals surface area (Å²) in [5.74, 6) is 1.14. The number of carbonyl (C=O) groups excluding carboxylic acids is 1. The molecule has 2 heterocycles. The summed E-state index contributed by atoms with van der Waals surface area (Å²) in [6, 6.07) is 1.08. The molecule has 0 aromatic carbocycles. The second kappa shape index (κ2) is 5.87. The van der Waals surface area contributed by atoms with E-state index in [2.05, 4.69) is 11.2 Å². The summed E-state index contributed by atoms with van der Waals surface area (Å²) in [5, 5.41) is 13.8. The fourth-order valence-electron chi connectivity index (χ4n) is 2.22. The largest absolute Gasteiger partial charge is 0.480 e. The second-order valence-corrected chi connectivity index (χ2v) is 5.24. The topological polar surface area (TPSA) is 69.6 Å². The number of hydrogen-bond donors (Lipinski definition) is 2. The highest BCUT2D eigenvalue weighted by atomic mass is 32.1. The van der Waals surface area contributed by atoms with E-state index < -0.39 is 12.0 Å². The van der Waals surface area contributed by atoms with Crippen molar-refractivity contribution in [2.45, 2.75) is 12.5 Å². The molecule has 1 amide bonds. The number of hydrogen-bond acceptors (Lipinski definition) is 4. The van der Waals surface area contributed by atoms with Crippen LogP contribution in [0.1, 0.15) is 16.5 Å². The molecule has 2 N–H and O–H groups in total.